The molecule has 0 fully saturated rings. The largest absolute Gasteiger partial charge is 0.468 e. The first-order valence-corrected chi connectivity index (χ1v) is 5.94. The van der Waals surface area contributed by atoms with Gasteiger partial charge in [0.15, 0.2) is 0 Å². The van der Waals surface area contributed by atoms with E-state index in [9.17, 15) is 4.79 Å². The molecule has 18 heavy (non-hydrogen) atoms. The Balaban J connectivity index is 2.40. The lowest BCUT2D eigenvalue weighted by molar-refractivity contribution is -0.142. The maximum absolute atomic E-state index is 11.4. The van der Waals surface area contributed by atoms with E-state index in [0.717, 1.165) is 10.9 Å². The second kappa shape index (κ2) is 5.19. The molecule has 0 saturated heterocycles. The first-order chi connectivity index (χ1) is 8.63. The van der Waals surface area contributed by atoms with Crippen molar-refractivity contribution >= 4 is 16.7 Å². The molecule has 0 aliphatic carbocycles. The monoisotopic (exact) mass is 243 g/mol. The summed E-state index contributed by atoms with van der Waals surface area (Å²) in [6, 6.07) is 11.6. The van der Waals surface area contributed by atoms with Gasteiger partial charge in [-0.2, -0.15) is 0 Å². The molecule has 0 aliphatic rings. The first kappa shape index (κ1) is 12.6. The third-order valence-corrected chi connectivity index (χ3v) is 3.18. The van der Waals surface area contributed by atoms with Crippen LogP contribution in [-0.2, 0) is 16.0 Å². The molecule has 0 heterocycles. The van der Waals surface area contributed by atoms with E-state index in [0.29, 0.717) is 6.42 Å². The Morgan fingerprint density at radius 3 is 2.56 bits per heavy atom. The number of aryl methyl sites for hydroxylation is 1. The Morgan fingerprint density at radius 2 is 1.89 bits per heavy atom. The minimum atomic E-state index is -0.610. The zero-order chi connectivity index (χ0) is 13.1. The van der Waals surface area contributed by atoms with E-state index < -0.39 is 6.04 Å². The van der Waals surface area contributed by atoms with E-state index >= 15 is 0 Å². The number of carbonyl (C=O) groups is 1. The molecule has 0 saturated carbocycles. The van der Waals surface area contributed by atoms with E-state index in [1.165, 1.54) is 18.1 Å². The number of hydrogen-bond acceptors (Lipinski definition) is 3. The predicted octanol–water partition coefficient (Wildman–Crippen LogP) is 2.19. The maximum atomic E-state index is 11.4. The van der Waals surface area contributed by atoms with Gasteiger partial charge in [0, 0.05) is 0 Å². The molecule has 2 N–H and O–H groups in total. The molecule has 3 nitrogen and oxygen atoms in total. The number of esters is 1. The fourth-order valence-corrected chi connectivity index (χ4v) is 2.16. The summed E-state index contributed by atoms with van der Waals surface area (Å²) in [5, 5.41) is 2.35. The summed E-state index contributed by atoms with van der Waals surface area (Å²) in [5.74, 6) is -0.375. The highest BCUT2D eigenvalue weighted by molar-refractivity contribution is 5.89. The Hall–Kier alpha value is -1.87. The Bertz CT molecular complexity index is 578. The molecule has 0 aliphatic heterocycles. The summed E-state index contributed by atoms with van der Waals surface area (Å²) < 4.78 is 4.66. The van der Waals surface area contributed by atoms with Crippen LogP contribution >= 0.6 is 0 Å². The van der Waals surface area contributed by atoms with Crippen molar-refractivity contribution in [3.8, 4) is 0 Å². The standard InChI is InChI=1S/C15H17NO2/c1-10-7-8-11(9-14(16)15(17)18-2)13-6-4-3-5-12(10)13/h3-8,14H,9,16H2,1-2H3/t14-/m0/s1. The van der Waals surface area contributed by atoms with E-state index in [1.807, 2.05) is 18.2 Å². The zero-order valence-electron chi connectivity index (χ0n) is 10.6. The van der Waals surface area contributed by atoms with Crippen molar-refractivity contribution in [3.05, 3.63) is 47.5 Å². The highest BCUT2D eigenvalue weighted by Gasteiger charge is 2.15. The van der Waals surface area contributed by atoms with Gasteiger partial charge in [0.2, 0.25) is 0 Å². The molecule has 0 spiro atoms. The summed E-state index contributed by atoms with van der Waals surface area (Å²) in [6.45, 7) is 2.08. The SMILES string of the molecule is COC(=O)[C@@H](N)Cc1ccc(C)c2ccccc12. The van der Waals surface area contributed by atoms with Crippen molar-refractivity contribution in [2.75, 3.05) is 7.11 Å². The number of carbonyl (C=O) groups excluding carboxylic acids is 1. The van der Waals surface area contributed by atoms with Gasteiger partial charge < -0.3 is 10.5 Å². The Labute approximate surface area is 107 Å². The highest BCUT2D eigenvalue weighted by Crippen LogP contribution is 2.23. The van der Waals surface area contributed by atoms with Crippen LogP contribution in [0, 0.1) is 6.92 Å². The van der Waals surface area contributed by atoms with Gasteiger partial charge in [-0.3, -0.25) is 4.79 Å². The smallest absolute Gasteiger partial charge is 0.322 e. The number of hydrogen-bond donors (Lipinski definition) is 1. The van der Waals surface area contributed by atoms with E-state index in [1.54, 1.807) is 0 Å². The minimum Gasteiger partial charge on any atom is -0.468 e. The third kappa shape index (κ3) is 2.36. The van der Waals surface area contributed by atoms with Crippen molar-refractivity contribution < 1.29 is 9.53 Å². The van der Waals surface area contributed by atoms with Crippen LogP contribution in [0.3, 0.4) is 0 Å². The van der Waals surface area contributed by atoms with Gasteiger partial charge in [-0.1, -0.05) is 36.4 Å². The molecular weight excluding hydrogens is 226 g/mol. The molecule has 0 bridgehead atoms. The number of ether oxygens (including phenoxy) is 1. The number of methoxy groups -OCH3 is 1. The summed E-state index contributed by atoms with van der Waals surface area (Å²) in [4.78, 5) is 11.4. The van der Waals surface area contributed by atoms with Crippen molar-refractivity contribution in [2.24, 2.45) is 5.73 Å². The van der Waals surface area contributed by atoms with E-state index in [-0.39, 0.29) is 5.97 Å². The number of fused-ring (bicyclic) bond motifs is 1. The summed E-state index contributed by atoms with van der Waals surface area (Å²) in [5.41, 5.74) is 8.12. The van der Waals surface area contributed by atoms with Crippen LogP contribution in [0.15, 0.2) is 36.4 Å². The minimum absolute atomic E-state index is 0.375. The lowest BCUT2D eigenvalue weighted by Gasteiger charge is -2.12. The van der Waals surface area contributed by atoms with Crippen LogP contribution in [0.1, 0.15) is 11.1 Å². The van der Waals surface area contributed by atoms with Gasteiger partial charge in [0.1, 0.15) is 6.04 Å². The quantitative estimate of drug-likeness (QED) is 0.841. The van der Waals surface area contributed by atoms with Gasteiger partial charge >= 0.3 is 5.97 Å². The summed E-state index contributed by atoms with van der Waals surface area (Å²) in [6.07, 6.45) is 0.494. The second-order valence-corrected chi connectivity index (χ2v) is 4.42. The lowest BCUT2D eigenvalue weighted by Crippen LogP contribution is -2.33. The van der Waals surface area contributed by atoms with Crippen LogP contribution in [0.4, 0.5) is 0 Å². The van der Waals surface area contributed by atoms with Crippen LogP contribution in [0.25, 0.3) is 10.8 Å². The van der Waals surface area contributed by atoms with Crippen LogP contribution < -0.4 is 5.73 Å². The average molecular weight is 243 g/mol. The predicted molar refractivity (Wildman–Crippen MR) is 72.4 cm³/mol. The normalized spacial score (nSPS) is 12.4. The Morgan fingerprint density at radius 1 is 1.22 bits per heavy atom. The molecule has 3 heteroatoms. The molecule has 2 rings (SSSR count). The Kier molecular flexibility index (Phi) is 3.63. The molecule has 0 radical (unpaired) electrons. The zero-order valence-corrected chi connectivity index (χ0v) is 10.6. The molecule has 2 aromatic rings. The molecular formula is C15H17NO2. The van der Waals surface area contributed by atoms with Gasteiger partial charge in [-0.25, -0.2) is 0 Å². The van der Waals surface area contributed by atoms with E-state index in [2.05, 4.69) is 29.9 Å². The molecule has 0 aromatic heterocycles. The average Bonchev–Trinajstić information content (AvgIpc) is 2.41. The molecule has 0 unspecified atom stereocenters. The lowest BCUT2D eigenvalue weighted by atomic mass is 9.96. The topological polar surface area (TPSA) is 52.3 Å². The summed E-state index contributed by atoms with van der Waals surface area (Å²) >= 11 is 0. The van der Waals surface area contributed by atoms with Crippen molar-refractivity contribution in [1.29, 1.82) is 0 Å². The first-order valence-electron chi connectivity index (χ1n) is 5.94. The molecule has 1 atom stereocenters. The second-order valence-electron chi connectivity index (χ2n) is 4.42. The maximum Gasteiger partial charge on any atom is 0.322 e. The van der Waals surface area contributed by atoms with Crippen LogP contribution in [-0.4, -0.2) is 19.1 Å². The summed E-state index contributed by atoms with van der Waals surface area (Å²) in [7, 11) is 1.36. The van der Waals surface area contributed by atoms with Gasteiger partial charge in [0.05, 0.1) is 7.11 Å². The van der Waals surface area contributed by atoms with Crippen LogP contribution in [0.2, 0.25) is 0 Å². The van der Waals surface area contributed by atoms with Crippen molar-refractivity contribution in [3.63, 3.8) is 0 Å². The fraction of sp³-hybridized carbons (Fsp3) is 0.267. The number of nitrogens with two attached hydrogens (primary N) is 1. The van der Waals surface area contributed by atoms with Crippen LogP contribution in [0.5, 0.6) is 0 Å². The van der Waals surface area contributed by atoms with E-state index in [4.69, 9.17) is 5.73 Å². The van der Waals surface area contributed by atoms with Crippen molar-refractivity contribution in [2.45, 2.75) is 19.4 Å². The molecule has 0 amide bonds. The van der Waals surface area contributed by atoms with Gasteiger partial charge in [0.25, 0.3) is 0 Å². The fourth-order valence-electron chi connectivity index (χ4n) is 2.16. The third-order valence-electron chi connectivity index (χ3n) is 3.18. The molecule has 94 valence electrons. The number of benzene rings is 2. The number of rotatable bonds is 3. The highest BCUT2D eigenvalue weighted by atomic mass is 16.5. The van der Waals surface area contributed by atoms with Gasteiger partial charge in [-0.05, 0) is 35.2 Å². The van der Waals surface area contributed by atoms with Gasteiger partial charge in [-0.15, -0.1) is 0 Å². The van der Waals surface area contributed by atoms with Crippen molar-refractivity contribution in [1.82, 2.24) is 0 Å². The molecule has 2 aromatic carbocycles.